The van der Waals surface area contributed by atoms with Crippen molar-refractivity contribution in [3.05, 3.63) is 36.5 Å². The molecule has 1 heterocycles. The molecule has 1 fully saturated rings. The molecule has 3 atom stereocenters. The van der Waals surface area contributed by atoms with E-state index in [1.54, 1.807) is 0 Å². The molecule has 0 aromatic carbocycles. The van der Waals surface area contributed by atoms with Gasteiger partial charge < -0.3 is 19.3 Å². The van der Waals surface area contributed by atoms with Gasteiger partial charge in [-0.15, -0.1) is 0 Å². The van der Waals surface area contributed by atoms with Crippen LogP contribution < -0.4 is 0 Å². The lowest BCUT2D eigenvalue weighted by Crippen LogP contribution is -2.25. The Bertz CT molecular complexity index is 788. The molecule has 2 unspecified atom stereocenters. The lowest BCUT2D eigenvalue weighted by atomic mass is 10.0. The Labute approximate surface area is 276 Å². The fraction of sp³-hybridized carbons (Fsp3) is 0.795. The van der Waals surface area contributed by atoms with E-state index in [0.29, 0.717) is 31.5 Å². The average molecular weight is 633 g/mol. The quantitative estimate of drug-likeness (QED) is 0.0344. The van der Waals surface area contributed by atoms with E-state index in [4.69, 9.17) is 14.2 Å². The van der Waals surface area contributed by atoms with Gasteiger partial charge in [-0.2, -0.15) is 0 Å². The van der Waals surface area contributed by atoms with Gasteiger partial charge in [-0.3, -0.25) is 9.59 Å². The predicted molar refractivity (Wildman–Crippen MR) is 186 cm³/mol. The highest BCUT2D eigenvalue weighted by Gasteiger charge is 2.36. The molecule has 260 valence electrons. The largest absolute Gasteiger partial charge is 0.463 e. The van der Waals surface area contributed by atoms with Gasteiger partial charge in [-0.05, 0) is 44.9 Å². The fourth-order valence-electron chi connectivity index (χ4n) is 5.35. The minimum Gasteiger partial charge on any atom is -0.463 e. The van der Waals surface area contributed by atoms with Crippen molar-refractivity contribution in [2.75, 3.05) is 13.2 Å². The highest BCUT2D eigenvalue weighted by molar-refractivity contribution is 5.69. The van der Waals surface area contributed by atoms with Gasteiger partial charge in [0.15, 0.2) is 0 Å². The molecule has 1 aliphatic heterocycles. The smallest absolute Gasteiger partial charge is 0.305 e. The number of rotatable bonds is 32. The first kappa shape index (κ1) is 41.1. The van der Waals surface area contributed by atoms with Crippen molar-refractivity contribution in [2.45, 2.75) is 186 Å². The molecular formula is C39H68O6. The van der Waals surface area contributed by atoms with Crippen LogP contribution in [-0.4, -0.2) is 48.6 Å². The lowest BCUT2D eigenvalue weighted by Gasteiger charge is -2.12. The molecule has 0 spiro atoms. The molecule has 0 aromatic rings. The molecule has 6 nitrogen and oxygen atoms in total. The van der Waals surface area contributed by atoms with Gasteiger partial charge in [0.05, 0.1) is 12.2 Å². The summed E-state index contributed by atoms with van der Waals surface area (Å²) < 4.78 is 16.0. The van der Waals surface area contributed by atoms with E-state index < -0.39 is 6.10 Å². The predicted octanol–water partition coefficient (Wildman–Crippen LogP) is 10.3. The summed E-state index contributed by atoms with van der Waals surface area (Å²) in [7, 11) is 0. The second-order valence-corrected chi connectivity index (χ2v) is 12.7. The third-order valence-corrected chi connectivity index (χ3v) is 8.30. The molecule has 45 heavy (non-hydrogen) atoms. The first-order chi connectivity index (χ1) is 22.1. The van der Waals surface area contributed by atoms with Gasteiger partial charge in [0, 0.05) is 12.8 Å². The SMILES string of the molecule is CCCCCCCCCCCCCCCC(=O)OC[C@H](O)COC(=O)CCC/C=C\C/C=C\C/C=C\CC1OC1CCCCC. The Balaban J connectivity index is 1.86. The third kappa shape index (κ3) is 28.1. The van der Waals surface area contributed by atoms with Gasteiger partial charge >= 0.3 is 11.9 Å². The second kappa shape index (κ2) is 30.7. The van der Waals surface area contributed by atoms with E-state index in [-0.39, 0.29) is 25.2 Å². The number of hydrogen-bond acceptors (Lipinski definition) is 6. The van der Waals surface area contributed by atoms with Crippen molar-refractivity contribution in [1.29, 1.82) is 0 Å². The summed E-state index contributed by atoms with van der Waals surface area (Å²) in [4.78, 5) is 23.9. The third-order valence-electron chi connectivity index (χ3n) is 8.30. The van der Waals surface area contributed by atoms with Crippen LogP contribution in [0.25, 0.3) is 0 Å². The van der Waals surface area contributed by atoms with E-state index in [9.17, 15) is 14.7 Å². The zero-order valence-corrected chi connectivity index (χ0v) is 29.1. The number of epoxide rings is 1. The number of aliphatic hydroxyl groups is 1. The fourth-order valence-corrected chi connectivity index (χ4v) is 5.35. The molecule has 0 bridgehead atoms. The molecule has 0 aromatic heterocycles. The molecular weight excluding hydrogens is 564 g/mol. The molecule has 1 aliphatic rings. The summed E-state index contributed by atoms with van der Waals surface area (Å²) in [5, 5.41) is 9.98. The van der Waals surface area contributed by atoms with Crippen LogP contribution in [0.15, 0.2) is 36.5 Å². The molecule has 0 saturated carbocycles. The first-order valence-electron chi connectivity index (χ1n) is 18.7. The summed E-state index contributed by atoms with van der Waals surface area (Å²) in [6, 6.07) is 0. The normalized spacial score (nSPS) is 17.0. The topological polar surface area (TPSA) is 85.4 Å². The van der Waals surface area contributed by atoms with Crippen LogP contribution in [0.1, 0.15) is 168 Å². The van der Waals surface area contributed by atoms with E-state index >= 15 is 0 Å². The van der Waals surface area contributed by atoms with Crippen LogP contribution in [0.3, 0.4) is 0 Å². The van der Waals surface area contributed by atoms with Crippen LogP contribution in [0.2, 0.25) is 0 Å². The molecule has 1 N–H and O–H groups in total. The standard InChI is InChI=1S/C39H68O6/c1-3-5-7-8-9-10-11-12-13-17-20-23-27-31-38(41)43-33-35(40)34-44-39(42)32-28-24-21-18-15-14-16-19-22-26-30-37-36(45-37)29-25-6-4-2/h14,16,18,21-22,26,35-37,40H,3-13,15,17,19-20,23-25,27-34H2,1-2H3/b16-14-,21-18-,26-22-/t35-,36?,37?/m0/s1. The van der Waals surface area contributed by atoms with Crippen LogP contribution in [0.4, 0.5) is 0 Å². The summed E-state index contributed by atoms with van der Waals surface area (Å²) >= 11 is 0. The number of carbonyl (C=O) groups is 2. The second-order valence-electron chi connectivity index (χ2n) is 12.7. The molecule has 0 aliphatic carbocycles. The van der Waals surface area contributed by atoms with E-state index in [1.807, 2.05) is 0 Å². The van der Waals surface area contributed by atoms with Crippen molar-refractivity contribution >= 4 is 11.9 Å². The number of carbonyl (C=O) groups excluding carboxylic acids is 2. The minimum atomic E-state index is -0.986. The van der Waals surface area contributed by atoms with Gasteiger partial charge in [0.25, 0.3) is 0 Å². The number of aliphatic hydroxyl groups excluding tert-OH is 1. The summed E-state index contributed by atoms with van der Waals surface area (Å²) in [6.45, 7) is 4.21. The lowest BCUT2D eigenvalue weighted by molar-refractivity contribution is -0.152. The maximum absolute atomic E-state index is 11.9. The maximum Gasteiger partial charge on any atom is 0.305 e. The average Bonchev–Trinajstić information content (AvgIpc) is 3.79. The molecule has 1 saturated heterocycles. The van der Waals surface area contributed by atoms with Gasteiger partial charge in [-0.25, -0.2) is 0 Å². The summed E-state index contributed by atoms with van der Waals surface area (Å²) in [5.41, 5.74) is 0. The Morgan fingerprint density at radius 1 is 0.600 bits per heavy atom. The molecule has 0 amide bonds. The zero-order valence-electron chi connectivity index (χ0n) is 29.1. The number of unbranched alkanes of at least 4 members (excludes halogenated alkanes) is 15. The van der Waals surface area contributed by atoms with Gasteiger partial charge in [0.1, 0.15) is 19.3 Å². The Kier molecular flexibility index (Phi) is 28.1. The number of hydrogen-bond donors (Lipinski definition) is 1. The molecule has 6 heteroatoms. The van der Waals surface area contributed by atoms with Crippen LogP contribution in [0, 0.1) is 0 Å². The monoisotopic (exact) mass is 633 g/mol. The highest BCUT2D eigenvalue weighted by atomic mass is 16.6. The number of allylic oxidation sites excluding steroid dienone is 5. The van der Waals surface area contributed by atoms with Crippen molar-refractivity contribution in [2.24, 2.45) is 0 Å². The van der Waals surface area contributed by atoms with Gasteiger partial charge in [0.2, 0.25) is 0 Å². The Morgan fingerprint density at radius 2 is 1.07 bits per heavy atom. The van der Waals surface area contributed by atoms with E-state index in [0.717, 1.165) is 44.9 Å². The number of esters is 2. The number of ether oxygens (including phenoxy) is 3. The summed E-state index contributed by atoms with van der Waals surface area (Å²) in [6.07, 6.45) is 39.4. The Hall–Kier alpha value is -1.92. The first-order valence-corrected chi connectivity index (χ1v) is 18.7. The van der Waals surface area contributed by atoms with Crippen LogP contribution in [0.5, 0.6) is 0 Å². The van der Waals surface area contributed by atoms with Crippen molar-refractivity contribution < 1.29 is 28.9 Å². The molecule has 0 radical (unpaired) electrons. The highest BCUT2D eigenvalue weighted by Crippen LogP contribution is 2.30. The van der Waals surface area contributed by atoms with E-state index in [1.165, 1.54) is 89.9 Å². The molecule has 1 rings (SSSR count). The maximum atomic E-state index is 11.9. The zero-order chi connectivity index (χ0) is 32.6. The van der Waals surface area contributed by atoms with E-state index in [2.05, 4.69) is 50.3 Å². The minimum absolute atomic E-state index is 0.134. The van der Waals surface area contributed by atoms with Crippen LogP contribution in [-0.2, 0) is 23.8 Å². The van der Waals surface area contributed by atoms with Crippen molar-refractivity contribution in [1.82, 2.24) is 0 Å². The summed E-state index contributed by atoms with van der Waals surface area (Å²) in [5.74, 6) is -0.632. The van der Waals surface area contributed by atoms with Gasteiger partial charge in [-0.1, -0.05) is 147 Å². The van der Waals surface area contributed by atoms with Crippen molar-refractivity contribution in [3.63, 3.8) is 0 Å². The Morgan fingerprint density at radius 3 is 1.64 bits per heavy atom. The van der Waals surface area contributed by atoms with Crippen molar-refractivity contribution in [3.8, 4) is 0 Å². The van der Waals surface area contributed by atoms with Crippen LogP contribution >= 0.6 is 0 Å².